The van der Waals surface area contributed by atoms with E-state index in [0.29, 0.717) is 11.5 Å². The highest BCUT2D eigenvalue weighted by Gasteiger charge is 2.13. The van der Waals surface area contributed by atoms with Gasteiger partial charge in [-0.1, -0.05) is 34.6 Å². The molecule has 0 amide bonds. The summed E-state index contributed by atoms with van der Waals surface area (Å²) in [5.74, 6) is -0.454. The third-order valence-corrected chi connectivity index (χ3v) is 3.81. The molecule has 0 bridgehead atoms. The standard InChI is InChI=1S/C20H16BrNO5/c1-13(2)19(23)25-9-10-26-20(24)15(12-22)11-17-7-8-18(27-17)14-3-5-16(21)6-4-14/h3-8,11H,1,9-10H2,2H3. The highest BCUT2D eigenvalue weighted by atomic mass is 79.9. The molecule has 1 heterocycles. The first-order chi connectivity index (χ1) is 12.9. The summed E-state index contributed by atoms with van der Waals surface area (Å²) >= 11 is 3.36. The van der Waals surface area contributed by atoms with E-state index in [1.165, 1.54) is 13.0 Å². The van der Waals surface area contributed by atoms with Crippen LogP contribution < -0.4 is 0 Å². The quantitative estimate of drug-likeness (QED) is 0.282. The van der Waals surface area contributed by atoms with Crippen molar-refractivity contribution in [1.29, 1.82) is 5.26 Å². The predicted molar refractivity (Wildman–Crippen MR) is 102 cm³/mol. The maximum absolute atomic E-state index is 12.0. The smallest absolute Gasteiger partial charge is 0.349 e. The van der Waals surface area contributed by atoms with Crippen molar-refractivity contribution in [3.8, 4) is 17.4 Å². The fraction of sp³-hybridized carbons (Fsp3) is 0.150. The number of benzene rings is 1. The van der Waals surface area contributed by atoms with Gasteiger partial charge in [0.2, 0.25) is 0 Å². The predicted octanol–water partition coefficient (Wildman–Crippen LogP) is 4.28. The molecule has 6 nitrogen and oxygen atoms in total. The molecular weight excluding hydrogens is 414 g/mol. The third kappa shape index (κ3) is 5.97. The Kier molecular flexibility index (Phi) is 7.15. The van der Waals surface area contributed by atoms with Crippen LogP contribution >= 0.6 is 15.9 Å². The van der Waals surface area contributed by atoms with Gasteiger partial charge in [-0.05, 0) is 31.2 Å². The molecule has 0 N–H and O–H groups in total. The Morgan fingerprint density at radius 3 is 2.37 bits per heavy atom. The number of nitriles is 1. The van der Waals surface area contributed by atoms with Crippen molar-refractivity contribution in [2.24, 2.45) is 0 Å². The summed E-state index contributed by atoms with van der Waals surface area (Å²) in [6.45, 7) is 4.66. The Morgan fingerprint density at radius 2 is 1.78 bits per heavy atom. The van der Waals surface area contributed by atoms with Gasteiger partial charge in [0.1, 0.15) is 36.4 Å². The van der Waals surface area contributed by atoms with Crippen LogP contribution in [-0.4, -0.2) is 25.2 Å². The molecule has 0 aliphatic heterocycles. The largest absolute Gasteiger partial charge is 0.459 e. The molecule has 138 valence electrons. The second-order valence-corrected chi connectivity index (χ2v) is 6.35. The van der Waals surface area contributed by atoms with Crippen molar-refractivity contribution in [1.82, 2.24) is 0 Å². The summed E-state index contributed by atoms with van der Waals surface area (Å²) in [6.07, 6.45) is 1.30. The fourth-order valence-corrected chi connectivity index (χ4v) is 2.21. The van der Waals surface area contributed by atoms with Crippen LogP contribution in [0.2, 0.25) is 0 Å². The van der Waals surface area contributed by atoms with Crippen LogP contribution in [0.25, 0.3) is 17.4 Å². The van der Waals surface area contributed by atoms with Gasteiger partial charge >= 0.3 is 11.9 Å². The Labute approximate surface area is 164 Å². The van der Waals surface area contributed by atoms with E-state index in [1.54, 1.807) is 18.2 Å². The van der Waals surface area contributed by atoms with Crippen molar-refractivity contribution in [2.75, 3.05) is 13.2 Å². The number of ether oxygens (including phenoxy) is 2. The number of halogens is 1. The van der Waals surface area contributed by atoms with Crippen LogP contribution in [0.4, 0.5) is 0 Å². The summed E-state index contributed by atoms with van der Waals surface area (Å²) in [5, 5.41) is 9.17. The summed E-state index contributed by atoms with van der Waals surface area (Å²) in [6, 6.07) is 12.7. The Hall–Kier alpha value is -3.11. The number of hydrogen-bond acceptors (Lipinski definition) is 6. The van der Waals surface area contributed by atoms with Crippen LogP contribution in [0.5, 0.6) is 0 Å². The van der Waals surface area contributed by atoms with E-state index in [-0.39, 0.29) is 24.4 Å². The number of nitrogens with zero attached hydrogens (tertiary/aromatic N) is 1. The van der Waals surface area contributed by atoms with Gasteiger partial charge in [0, 0.05) is 21.7 Å². The number of hydrogen-bond donors (Lipinski definition) is 0. The lowest BCUT2D eigenvalue weighted by molar-refractivity contribution is -0.147. The molecule has 0 atom stereocenters. The average molecular weight is 430 g/mol. The van der Waals surface area contributed by atoms with Gasteiger partial charge in [-0.3, -0.25) is 0 Å². The van der Waals surface area contributed by atoms with E-state index >= 15 is 0 Å². The SMILES string of the molecule is C=C(C)C(=O)OCCOC(=O)C(C#N)=Cc1ccc(-c2ccc(Br)cc2)o1. The fourth-order valence-electron chi connectivity index (χ4n) is 1.95. The highest BCUT2D eigenvalue weighted by Crippen LogP contribution is 2.25. The van der Waals surface area contributed by atoms with Gasteiger partial charge in [0.25, 0.3) is 0 Å². The van der Waals surface area contributed by atoms with Gasteiger partial charge in [0.05, 0.1) is 0 Å². The van der Waals surface area contributed by atoms with Crippen LogP contribution in [0, 0.1) is 11.3 Å². The zero-order valence-electron chi connectivity index (χ0n) is 14.5. The van der Waals surface area contributed by atoms with Crippen LogP contribution in [0.3, 0.4) is 0 Å². The normalized spacial score (nSPS) is 10.8. The molecule has 0 radical (unpaired) electrons. The lowest BCUT2D eigenvalue weighted by atomic mass is 10.2. The first kappa shape index (κ1) is 20.2. The maximum Gasteiger partial charge on any atom is 0.349 e. The molecule has 2 rings (SSSR count). The molecule has 0 spiro atoms. The number of carbonyl (C=O) groups excluding carboxylic acids is 2. The monoisotopic (exact) mass is 429 g/mol. The number of carbonyl (C=O) groups is 2. The Bertz CT molecular complexity index is 919. The minimum atomic E-state index is -0.828. The first-order valence-electron chi connectivity index (χ1n) is 7.88. The summed E-state index contributed by atoms with van der Waals surface area (Å²) < 4.78 is 16.3. The van der Waals surface area contributed by atoms with Gasteiger partial charge in [0.15, 0.2) is 0 Å². The van der Waals surface area contributed by atoms with Gasteiger partial charge in [-0.15, -0.1) is 0 Å². The van der Waals surface area contributed by atoms with Crippen molar-refractivity contribution in [3.63, 3.8) is 0 Å². The van der Waals surface area contributed by atoms with E-state index in [2.05, 4.69) is 22.5 Å². The van der Waals surface area contributed by atoms with Gasteiger partial charge in [-0.25, -0.2) is 9.59 Å². The molecule has 7 heteroatoms. The minimum Gasteiger partial charge on any atom is -0.459 e. The Morgan fingerprint density at radius 1 is 1.15 bits per heavy atom. The second kappa shape index (κ2) is 9.55. The van der Waals surface area contributed by atoms with Crippen molar-refractivity contribution < 1.29 is 23.5 Å². The number of esters is 2. The lowest BCUT2D eigenvalue weighted by Gasteiger charge is -2.05. The summed E-state index contributed by atoms with van der Waals surface area (Å²) in [5.41, 5.74) is 0.884. The zero-order chi connectivity index (χ0) is 19.8. The molecule has 0 aliphatic carbocycles. The molecule has 0 saturated heterocycles. The molecule has 0 unspecified atom stereocenters. The molecule has 27 heavy (non-hydrogen) atoms. The molecule has 0 fully saturated rings. The van der Waals surface area contributed by atoms with Gasteiger partial charge in [-0.2, -0.15) is 5.26 Å². The molecule has 2 aromatic rings. The van der Waals surface area contributed by atoms with E-state index < -0.39 is 11.9 Å². The summed E-state index contributed by atoms with van der Waals surface area (Å²) in [7, 11) is 0. The minimum absolute atomic E-state index is 0.120. The third-order valence-electron chi connectivity index (χ3n) is 3.28. The molecule has 0 aliphatic rings. The number of furan rings is 1. The summed E-state index contributed by atoms with van der Waals surface area (Å²) in [4.78, 5) is 23.2. The zero-order valence-corrected chi connectivity index (χ0v) is 16.1. The second-order valence-electron chi connectivity index (χ2n) is 5.43. The van der Waals surface area contributed by atoms with E-state index in [1.807, 2.05) is 24.3 Å². The lowest BCUT2D eigenvalue weighted by Crippen LogP contribution is -2.15. The molecule has 1 aromatic carbocycles. The molecular formula is C20H16BrNO5. The molecule has 0 saturated carbocycles. The first-order valence-corrected chi connectivity index (χ1v) is 8.67. The topological polar surface area (TPSA) is 89.5 Å². The van der Waals surface area contributed by atoms with Gasteiger partial charge < -0.3 is 13.9 Å². The van der Waals surface area contributed by atoms with Crippen LogP contribution in [0.1, 0.15) is 12.7 Å². The number of rotatable bonds is 7. The average Bonchev–Trinajstić information content (AvgIpc) is 3.12. The van der Waals surface area contributed by atoms with Crippen molar-refractivity contribution in [2.45, 2.75) is 6.92 Å². The highest BCUT2D eigenvalue weighted by molar-refractivity contribution is 9.10. The van der Waals surface area contributed by atoms with Crippen molar-refractivity contribution >= 4 is 33.9 Å². The van der Waals surface area contributed by atoms with E-state index in [4.69, 9.17) is 19.2 Å². The molecule has 1 aromatic heterocycles. The van der Waals surface area contributed by atoms with Crippen molar-refractivity contribution in [3.05, 3.63) is 64.4 Å². The van der Waals surface area contributed by atoms with E-state index in [0.717, 1.165) is 10.0 Å². The Balaban J connectivity index is 1.98. The van der Waals surface area contributed by atoms with Crippen LogP contribution in [-0.2, 0) is 19.1 Å². The van der Waals surface area contributed by atoms with E-state index in [9.17, 15) is 9.59 Å². The van der Waals surface area contributed by atoms with Crippen LogP contribution in [0.15, 0.2) is 63.0 Å². The maximum atomic E-state index is 12.0.